The van der Waals surface area contributed by atoms with E-state index in [-0.39, 0.29) is 18.2 Å². The quantitative estimate of drug-likeness (QED) is 0.150. The van der Waals surface area contributed by atoms with Crippen molar-refractivity contribution >= 4 is 55.1 Å². The van der Waals surface area contributed by atoms with E-state index >= 15 is 0 Å². The van der Waals surface area contributed by atoms with Crippen molar-refractivity contribution in [2.45, 2.75) is 32.1 Å². The second kappa shape index (κ2) is 12.4. The molecule has 9 rings (SSSR count). The molecule has 244 valence electrons. The highest BCUT2D eigenvalue weighted by Crippen LogP contribution is 2.43. The Bertz CT molecular complexity index is 2570. The largest absolute Gasteiger partial charge is 0.440 e. The number of nitrogens with zero attached hydrogens (tertiary/aromatic N) is 1. The summed E-state index contributed by atoms with van der Waals surface area (Å²) in [5, 5.41) is 17.5. The first-order valence-corrected chi connectivity index (χ1v) is 17.4. The molecular weight excluding hydrogens is 613 g/mol. The molecule has 0 amide bonds. The molecule has 3 unspecified atom stereocenters. The van der Waals surface area contributed by atoms with Gasteiger partial charge in [-0.3, -0.25) is 5.32 Å². The second-order valence-electron chi connectivity index (χ2n) is 13.1. The smallest absolute Gasteiger partial charge is 0.201 e. The molecule has 1 aliphatic rings. The summed E-state index contributed by atoms with van der Waals surface area (Å²) in [6.45, 7) is 4.29. The lowest BCUT2D eigenvalue weighted by Crippen LogP contribution is -2.48. The molecule has 6 aromatic carbocycles. The molecule has 1 aliphatic heterocycles. The van der Waals surface area contributed by atoms with Gasteiger partial charge in [0.15, 0.2) is 6.29 Å². The van der Waals surface area contributed by atoms with Crippen LogP contribution in [0.15, 0.2) is 162 Å². The Balaban J connectivity index is 1.18. The maximum absolute atomic E-state index is 6.54. The number of hydrogen-bond acceptors (Lipinski definition) is 4. The Labute approximate surface area is 291 Å². The highest BCUT2D eigenvalue weighted by atomic mass is 16.4. The average Bonchev–Trinajstić information content (AvgIpc) is 3.70. The zero-order valence-electron chi connectivity index (χ0n) is 28.1. The third-order valence-corrected chi connectivity index (χ3v) is 9.99. The minimum Gasteiger partial charge on any atom is -0.440 e. The Morgan fingerprint density at radius 3 is 2.28 bits per heavy atom. The van der Waals surface area contributed by atoms with Gasteiger partial charge in [-0.05, 0) is 71.3 Å². The van der Waals surface area contributed by atoms with Crippen LogP contribution in [0.3, 0.4) is 0 Å². The van der Waals surface area contributed by atoms with E-state index in [0.29, 0.717) is 0 Å². The molecule has 0 saturated carbocycles. The van der Waals surface area contributed by atoms with Gasteiger partial charge in [-0.15, -0.1) is 0 Å². The van der Waals surface area contributed by atoms with Crippen molar-refractivity contribution in [2.75, 3.05) is 10.6 Å². The molecule has 5 heteroatoms. The van der Waals surface area contributed by atoms with Crippen LogP contribution in [-0.2, 0) is 0 Å². The Morgan fingerprint density at radius 1 is 0.720 bits per heavy atom. The first kappa shape index (κ1) is 30.1. The fourth-order valence-electron chi connectivity index (χ4n) is 7.61. The molecule has 0 fully saturated rings. The zero-order valence-corrected chi connectivity index (χ0v) is 28.1. The van der Waals surface area contributed by atoms with Gasteiger partial charge in [0, 0.05) is 39.0 Å². The standard InChI is InChI=1S/C45H38N4O/c1-3-4-6-15-29(2)37-26-30-16-9-10-17-31(30)27-38(37)46-45-47-43(42-36-21-12-14-23-41(36)50-44(42)48-45)32-24-25-35-34-20-11-13-22-39(34)49(40(35)28-32)33-18-7-5-8-19-33/h3-29,43,45-48H,1-2H3/b4-3-,15-6-. The van der Waals surface area contributed by atoms with Crippen LogP contribution < -0.4 is 16.0 Å². The summed E-state index contributed by atoms with van der Waals surface area (Å²) in [5.74, 6) is 0.973. The summed E-state index contributed by atoms with van der Waals surface area (Å²) in [4.78, 5) is 0. The van der Waals surface area contributed by atoms with Gasteiger partial charge >= 0.3 is 0 Å². The fourth-order valence-corrected chi connectivity index (χ4v) is 7.61. The molecule has 2 aromatic heterocycles. The second-order valence-corrected chi connectivity index (χ2v) is 13.1. The molecule has 0 radical (unpaired) electrons. The SMILES string of the molecule is C/C=C\C=C/C(C)c1cc2ccccc2cc1NC1Nc2oc3ccccc3c2C(c2ccc3c4ccccc4n(-c4ccccc4)c3c2)N1. The third-order valence-electron chi connectivity index (χ3n) is 9.99. The van der Waals surface area contributed by atoms with Crippen LogP contribution in [0.4, 0.5) is 11.6 Å². The molecule has 3 N–H and O–H groups in total. The van der Waals surface area contributed by atoms with Crippen LogP contribution in [0.25, 0.3) is 49.2 Å². The summed E-state index contributed by atoms with van der Waals surface area (Å²) >= 11 is 0. The Morgan fingerprint density at radius 2 is 1.44 bits per heavy atom. The summed E-state index contributed by atoms with van der Waals surface area (Å²) < 4.78 is 8.92. The molecule has 0 aliphatic carbocycles. The van der Waals surface area contributed by atoms with Gasteiger partial charge in [-0.2, -0.15) is 0 Å². The lowest BCUT2D eigenvalue weighted by atomic mass is 9.94. The minimum atomic E-state index is -0.310. The van der Waals surface area contributed by atoms with E-state index in [1.54, 1.807) is 0 Å². The van der Waals surface area contributed by atoms with Crippen LogP contribution in [0, 0.1) is 0 Å². The van der Waals surface area contributed by atoms with Crippen molar-refractivity contribution in [1.82, 2.24) is 9.88 Å². The Hall–Kier alpha value is -6.04. The predicted molar refractivity (Wildman–Crippen MR) is 209 cm³/mol. The van der Waals surface area contributed by atoms with Crippen molar-refractivity contribution in [1.29, 1.82) is 0 Å². The molecular formula is C45H38N4O. The number of para-hydroxylation sites is 3. The molecule has 3 atom stereocenters. The first-order valence-electron chi connectivity index (χ1n) is 17.4. The van der Waals surface area contributed by atoms with Crippen molar-refractivity contribution in [3.8, 4) is 5.69 Å². The fraction of sp³-hybridized carbons (Fsp3) is 0.111. The number of nitrogens with one attached hydrogen (secondary N) is 3. The van der Waals surface area contributed by atoms with Crippen LogP contribution in [0.1, 0.15) is 42.5 Å². The van der Waals surface area contributed by atoms with Gasteiger partial charge in [-0.1, -0.05) is 122 Å². The number of fused-ring (bicyclic) bond motifs is 7. The average molecular weight is 651 g/mol. The summed E-state index contributed by atoms with van der Waals surface area (Å²) in [5.41, 5.74) is 8.96. The van der Waals surface area contributed by atoms with Crippen LogP contribution in [0.2, 0.25) is 0 Å². The van der Waals surface area contributed by atoms with E-state index in [9.17, 15) is 0 Å². The van der Waals surface area contributed by atoms with Gasteiger partial charge in [0.1, 0.15) is 5.58 Å². The topological polar surface area (TPSA) is 54.2 Å². The molecule has 0 saturated heterocycles. The summed E-state index contributed by atoms with van der Waals surface area (Å²) in [6, 6.07) is 47.5. The van der Waals surface area contributed by atoms with Crippen molar-refractivity contribution < 1.29 is 4.42 Å². The highest BCUT2D eigenvalue weighted by Gasteiger charge is 2.33. The van der Waals surface area contributed by atoms with Gasteiger partial charge in [-0.25, -0.2) is 0 Å². The number of benzene rings is 6. The predicted octanol–water partition coefficient (Wildman–Crippen LogP) is 11.4. The molecule has 8 aromatic rings. The number of hydrogen-bond donors (Lipinski definition) is 3. The number of furan rings is 1. The van der Waals surface area contributed by atoms with E-state index in [2.05, 4.69) is 173 Å². The molecule has 3 heterocycles. The molecule has 0 spiro atoms. The van der Waals surface area contributed by atoms with Crippen LogP contribution in [-0.4, -0.2) is 10.9 Å². The highest BCUT2D eigenvalue weighted by molar-refractivity contribution is 6.09. The van der Waals surface area contributed by atoms with Crippen molar-refractivity contribution in [3.63, 3.8) is 0 Å². The third kappa shape index (κ3) is 5.15. The van der Waals surface area contributed by atoms with Crippen molar-refractivity contribution in [2.24, 2.45) is 0 Å². The van der Waals surface area contributed by atoms with Crippen LogP contribution in [0.5, 0.6) is 0 Å². The molecule has 5 nitrogen and oxygen atoms in total. The number of rotatable bonds is 7. The molecule has 50 heavy (non-hydrogen) atoms. The van der Waals surface area contributed by atoms with E-state index in [1.165, 1.54) is 43.7 Å². The zero-order chi connectivity index (χ0) is 33.6. The normalized spacial score (nSPS) is 16.8. The summed E-state index contributed by atoms with van der Waals surface area (Å²) in [7, 11) is 0. The number of aromatic nitrogens is 1. The maximum atomic E-state index is 6.54. The summed E-state index contributed by atoms with van der Waals surface area (Å²) in [6.07, 6.45) is 8.20. The van der Waals surface area contributed by atoms with E-state index in [4.69, 9.17) is 4.42 Å². The number of allylic oxidation sites excluding steroid dienone is 4. The minimum absolute atomic E-state index is 0.144. The maximum Gasteiger partial charge on any atom is 0.201 e. The van der Waals surface area contributed by atoms with E-state index in [0.717, 1.165) is 33.8 Å². The van der Waals surface area contributed by atoms with Gasteiger partial charge in [0.2, 0.25) is 5.88 Å². The lowest BCUT2D eigenvalue weighted by Gasteiger charge is -2.34. The molecule has 0 bridgehead atoms. The van der Waals surface area contributed by atoms with Gasteiger partial charge in [0.25, 0.3) is 0 Å². The monoisotopic (exact) mass is 650 g/mol. The van der Waals surface area contributed by atoms with Gasteiger partial charge in [0.05, 0.1) is 17.1 Å². The van der Waals surface area contributed by atoms with Crippen molar-refractivity contribution in [3.05, 3.63) is 174 Å². The Kier molecular flexibility index (Phi) is 7.48. The first-order chi connectivity index (χ1) is 24.7. The van der Waals surface area contributed by atoms with E-state index in [1.807, 2.05) is 19.1 Å². The lowest BCUT2D eigenvalue weighted by molar-refractivity contribution is 0.494. The number of anilines is 2. The van der Waals surface area contributed by atoms with E-state index < -0.39 is 0 Å². The van der Waals surface area contributed by atoms with Gasteiger partial charge < -0.3 is 19.6 Å². The van der Waals surface area contributed by atoms with Crippen LogP contribution >= 0.6 is 0 Å².